The average Bonchev–Trinajstić information content (AvgIpc) is 2.17. The second-order valence-electron chi connectivity index (χ2n) is 4.54. The molecule has 1 aliphatic carbocycles. The van der Waals surface area contributed by atoms with E-state index in [0.29, 0.717) is 17.6 Å². The predicted molar refractivity (Wildman–Crippen MR) is 76.2 cm³/mol. The van der Waals surface area contributed by atoms with Crippen molar-refractivity contribution in [3.8, 4) is 0 Å². The van der Waals surface area contributed by atoms with Gasteiger partial charge in [-0.1, -0.05) is 6.42 Å². The average molecular weight is 346 g/mol. The number of rotatable bonds is 4. The Bertz CT molecular complexity index is 433. The molecule has 0 amide bonds. The van der Waals surface area contributed by atoms with Gasteiger partial charge >= 0.3 is 0 Å². The first-order valence-corrected chi connectivity index (χ1v) is 6.86. The van der Waals surface area contributed by atoms with Crippen LogP contribution in [0, 0.1) is 19.6 Å². The molecular weight excluding hydrogens is 331 g/mol. The standard InChI is InChI=1S/C12H15IN2O2/c1-8(9-3-2-4-9)14-11-6-5-10(13)7-12(11)15(16)17/h5-9,14H,2-4H2,1H3. The van der Waals surface area contributed by atoms with E-state index in [0.717, 1.165) is 3.57 Å². The van der Waals surface area contributed by atoms with Crippen molar-refractivity contribution in [1.82, 2.24) is 0 Å². The molecule has 0 aliphatic heterocycles. The van der Waals surface area contributed by atoms with E-state index in [2.05, 4.69) is 34.8 Å². The minimum atomic E-state index is -0.321. The fourth-order valence-corrected chi connectivity index (χ4v) is 2.56. The van der Waals surface area contributed by atoms with E-state index in [4.69, 9.17) is 0 Å². The zero-order valence-corrected chi connectivity index (χ0v) is 11.8. The molecule has 0 heterocycles. The maximum atomic E-state index is 11.0. The number of hydrogen-bond acceptors (Lipinski definition) is 3. The number of nitro benzene ring substituents is 1. The van der Waals surface area contributed by atoms with Gasteiger partial charge in [0.05, 0.1) is 4.92 Å². The Balaban J connectivity index is 2.16. The second kappa shape index (κ2) is 5.20. The van der Waals surface area contributed by atoms with Crippen molar-refractivity contribution in [3.63, 3.8) is 0 Å². The number of nitrogens with one attached hydrogen (secondary N) is 1. The molecule has 17 heavy (non-hydrogen) atoms. The van der Waals surface area contributed by atoms with Crippen LogP contribution >= 0.6 is 22.6 Å². The maximum absolute atomic E-state index is 11.0. The number of anilines is 1. The topological polar surface area (TPSA) is 55.2 Å². The molecule has 1 aliphatic rings. The molecule has 0 radical (unpaired) electrons. The first-order chi connectivity index (χ1) is 8.08. The number of nitro groups is 1. The summed E-state index contributed by atoms with van der Waals surface area (Å²) in [6.45, 7) is 2.10. The Morgan fingerprint density at radius 1 is 1.53 bits per heavy atom. The highest BCUT2D eigenvalue weighted by Gasteiger charge is 2.25. The SMILES string of the molecule is CC(Nc1ccc(I)cc1[N+](=O)[O-])C1CCC1. The fourth-order valence-electron chi connectivity index (χ4n) is 2.08. The van der Waals surface area contributed by atoms with Crippen LogP contribution in [0.2, 0.25) is 0 Å². The summed E-state index contributed by atoms with van der Waals surface area (Å²) in [4.78, 5) is 10.6. The lowest BCUT2D eigenvalue weighted by Crippen LogP contribution is -2.31. The number of hydrogen-bond donors (Lipinski definition) is 1. The van der Waals surface area contributed by atoms with Crippen LogP contribution in [0.1, 0.15) is 26.2 Å². The van der Waals surface area contributed by atoms with Gasteiger partial charge in [0, 0.05) is 15.7 Å². The van der Waals surface area contributed by atoms with Crippen molar-refractivity contribution in [2.24, 2.45) is 5.92 Å². The lowest BCUT2D eigenvalue weighted by molar-refractivity contribution is -0.384. The van der Waals surface area contributed by atoms with Gasteiger partial charge in [0.25, 0.3) is 5.69 Å². The molecule has 5 heteroatoms. The predicted octanol–water partition coefficient (Wildman–Crippen LogP) is 3.80. The minimum Gasteiger partial charge on any atom is -0.377 e. The van der Waals surface area contributed by atoms with Crippen LogP contribution in [-0.2, 0) is 0 Å². The number of halogens is 1. The second-order valence-corrected chi connectivity index (χ2v) is 5.79. The smallest absolute Gasteiger partial charge is 0.293 e. The molecule has 0 bridgehead atoms. The van der Waals surface area contributed by atoms with E-state index in [1.807, 2.05) is 6.07 Å². The Hall–Kier alpha value is -0.850. The molecule has 0 saturated heterocycles. The summed E-state index contributed by atoms with van der Waals surface area (Å²) < 4.78 is 0.885. The molecule has 1 aromatic rings. The van der Waals surface area contributed by atoms with Crippen molar-refractivity contribution in [3.05, 3.63) is 31.9 Å². The highest BCUT2D eigenvalue weighted by molar-refractivity contribution is 14.1. The summed E-state index contributed by atoms with van der Waals surface area (Å²) in [6.07, 6.45) is 3.74. The highest BCUT2D eigenvalue weighted by Crippen LogP contribution is 2.33. The van der Waals surface area contributed by atoms with E-state index >= 15 is 0 Å². The summed E-state index contributed by atoms with van der Waals surface area (Å²) in [5, 5.41) is 14.2. The van der Waals surface area contributed by atoms with E-state index in [-0.39, 0.29) is 10.6 Å². The summed E-state index contributed by atoms with van der Waals surface area (Å²) in [6, 6.07) is 5.61. The Labute approximate surface area is 114 Å². The number of benzene rings is 1. The lowest BCUT2D eigenvalue weighted by atomic mass is 9.80. The van der Waals surface area contributed by atoms with Gasteiger partial charge in [-0.05, 0) is 60.4 Å². The summed E-state index contributed by atoms with van der Waals surface area (Å²) >= 11 is 2.09. The van der Waals surface area contributed by atoms with Gasteiger partial charge in [0.2, 0.25) is 0 Å². The summed E-state index contributed by atoms with van der Waals surface area (Å²) in [5.74, 6) is 0.661. The molecule has 1 atom stereocenters. The van der Waals surface area contributed by atoms with Crippen LogP contribution in [0.5, 0.6) is 0 Å². The van der Waals surface area contributed by atoms with Crippen LogP contribution < -0.4 is 5.32 Å². The van der Waals surface area contributed by atoms with Gasteiger partial charge in [-0.15, -0.1) is 0 Å². The molecule has 1 N–H and O–H groups in total. The van der Waals surface area contributed by atoms with Crippen LogP contribution in [-0.4, -0.2) is 11.0 Å². The summed E-state index contributed by atoms with van der Waals surface area (Å²) in [7, 11) is 0. The highest BCUT2D eigenvalue weighted by atomic mass is 127. The van der Waals surface area contributed by atoms with Crippen LogP contribution in [0.15, 0.2) is 18.2 Å². The van der Waals surface area contributed by atoms with Gasteiger partial charge in [-0.2, -0.15) is 0 Å². The third-order valence-corrected chi connectivity index (χ3v) is 4.07. The third kappa shape index (κ3) is 2.88. The quantitative estimate of drug-likeness (QED) is 0.513. The molecule has 0 spiro atoms. The van der Waals surface area contributed by atoms with Gasteiger partial charge in [-0.25, -0.2) is 0 Å². The first-order valence-electron chi connectivity index (χ1n) is 5.78. The van der Waals surface area contributed by atoms with E-state index in [1.54, 1.807) is 12.1 Å². The monoisotopic (exact) mass is 346 g/mol. The third-order valence-electron chi connectivity index (χ3n) is 3.40. The van der Waals surface area contributed by atoms with Crippen LogP contribution in [0.25, 0.3) is 0 Å². The van der Waals surface area contributed by atoms with Gasteiger partial charge in [0.1, 0.15) is 5.69 Å². The van der Waals surface area contributed by atoms with Crippen molar-refractivity contribution in [2.75, 3.05) is 5.32 Å². The van der Waals surface area contributed by atoms with Crippen molar-refractivity contribution in [2.45, 2.75) is 32.2 Å². The summed E-state index contributed by atoms with van der Waals surface area (Å²) in [5.41, 5.74) is 0.804. The first kappa shape index (κ1) is 12.6. The molecule has 0 aromatic heterocycles. The minimum absolute atomic E-state index is 0.170. The Morgan fingerprint density at radius 3 is 2.76 bits per heavy atom. The van der Waals surface area contributed by atoms with E-state index in [1.165, 1.54) is 19.3 Å². The molecule has 1 unspecified atom stereocenters. The van der Waals surface area contributed by atoms with Crippen LogP contribution in [0.3, 0.4) is 0 Å². The largest absolute Gasteiger partial charge is 0.377 e. The van der Waals surface area contributed by atoms with Crippen molar-refractivity contribution < 1.29 is 4.92 Å². The Kier molecular flexibility index (Phi) is 3.86. The zero-order chi connectivity index (χ0) is 12.4. The normalized spacial score (nSPS) is 17.3. The van der Waals surface area contributed by atoms with Gasteiger partial charge in [0.15, 0.2) is 0 Å². The molecule has 4 nitrogen and oxygen atoms in total. The van der Waals surface area contributed by atoms with E-state index in [9.17, 15) is 10.1 Å². The molecular formula is C12H15IN2O2. The molecule has 2 rings (SSSR count). The zero-order valence-electron chi connectivity index (χ0n) is 9.65. The lowest BCUT2D eigenvalue weighted by Gasteiger charge is -2.32. The van der Waals surface area contributed by atoms with E-state index < -0.39 is 0 Å². The van der Waals surface area contributed by atoms with Gasteiger partial charge < -0.3 is 5.32 Å². The van der Waals surface area contributed by atoms with Gasteiger partial charge in [-0.3, -0.25) is 10.1 Å². The van der Waals surface area contributed by atoms with Crippen LogP contribution in [0.4, 0.5) is 11.4 Å². The molecule has 1 aromatic carbocycles. The molecule has 92 valence electrons. The molecule has 1 saturated carbocycles. The maximum Gasteiger partial charge on any atom is 0.293 e. The number of nitrogens with zero attached hydrogens (tertiary/aromatic N) is 1. The Morgan fingerprint density at radius 2 is 2.24 bits per heavy atom. The van der Waals surface area contributed by atoms with Crippen molar-refractivity contribution in [1.29, 1.82) is 0 Å². The fraction of sp³-hybridized carbons (Fsp3) is 0.500. The molecule has 1 fully saturated rings. The van der Waals surface area contributed by atoms with Crippen molar-refractivity contribution >= 4 is 34.0 Å².